The van der Waals surface area contributed by atoms with E-state index in [9.17, 15) is 4.79 Å². The minimum Gasteiger partial charge on any atom is -0.459 e. The van der Waals surface area contributed by atoms with Gasteiger partial charge in [0.05, 0.1) is 6.26 Å². The zero-order valence-electron chi connectivity index (χ0n) is 10.7. The van der Waals surface area contributed by atoms with Crippen molar-refractivity contribution in [1.29, 1.82) is 0 Å². The predicted octanol–water partition coefficient (Wildman–Crippen LogP) is 1.89. The first-order chi connectivity index (χ1) is 8.79. The van der Waals surface area contributed by atoms with Crippen molar-refractivity contribution in [3.63, 3.8) is 0 Å². The molecule has 4 heteroatoms. The number of nitrogens with one attached hydrogen (secondary N) is 1. The Balaban J connectivity index is 1.72. The summed E-state index contributed by atoms with van der Waals surface area (Å²) in [5.41, 5.74) is 0.304. The number of rotatable bonds is 1. The number of furan rings is 1. The standard InChI is InChI=1S/C14H20N2O2/c17-13(12-4-1-9-18-12)16-8-3-6-14(11-16)5-2-7-15-10-14/h1,4,9,15H,2-3,5-8,10-11H2. The highest BCUT2D eigenvalue weighted by Crippen LogP contribution is 2.36. The SMILES string of the molecule is O=C(c1ccco1)N1CCCC2(CCCNC2)C1. The normalized spacial score (nSPS) is 28.6. The number of carbonyl (C=O) groups is 1. The summed E-state index contributed by atoms with van der Waals surface area (Å²) in [6.45, 7) is 3.91. The number of hydrogen-bond donors (Lipinski definition) is 1. The zero-order chi connectivity index (χ0) is 12.4. The second-order valence-electron chi connectivity index (χ2n) is 5.59. The number of nitrogens with zero attached hydrogens (tertiary/aromatic N) is 1. The molecule has 1 unspecified atom stereocenters. The molecule has 1 spiro atoms. The molecule has 2 aliphatic rings. The topological polar surface area (TPSA) is 45.5 Å². The molecule has 0 radical (unpaired) electrons. The third-order valence-electron chi connectivity index (χ3n) is 4.24. The molecular formula is C14H20N2O2. The van der Waals surface area contributed by atoms with Crippen molar-refractivity contribution in [2.75, 3.05) is 26.2 Å². The molecule has 1 amide bonds. The van der Waals surface area contributed by atoms with Gasteiger partial charge >= 0.3 is 0 Å². The molecule has 3 heterocycles. The maximum atomic E-state index is 12.3. The number of amides is 1. The van der Waals surface area contributed by atoms with E-state index in [2.05, 4.69) is 5.32 Å². The zero-order valence-corrected chi connectivity index (χ0v) is 10.7. The van der Waals surface area contributed by atoms with E-state index in [1.165, 1.54) is 19.3 Å². The molecule has 2 aliphatic heterocycles. The maximum Gasteiger partial charge on any atom is 0.289 e. The molecule has 18 heavy (non-hydrogen) atoms. The van der Waals surface area contributed by atoms with Crippen LogP contribution in [0.2, 0.25) is 0 Å². The highest BCUT2D eigenvalue weighted by molar-refractivity contribution is 5.91. The molecule has 1 atom stereocenters. The van der Waals surface area contributed by atoms with Gasteiger partial charge < -0.3 is 14.6 Å². The lowest BCUT2D eigenvalue weighted by atomic mass is 9.74. The van der Waals surface area contributed by atoms with E-state index in [-0.39, 0.29) is 5.91 Å². The van der Waals surface area contributed by atoms with Crippen LogP contribution < -0.4 is 5.32 Å². The van der Waals surface area contributed by atoms with Crippen LogP contribution in [0.15, 0.2) is 22.8 Å². The van der Waals surface area contributed by atoms with Gasteiger partial charge in [0, 0.05) is 25.0 Å². The quantitative estimate of drug-likeness (QED) is 0.825. The van der Waals surface area contributed by atoms with E-state index in [4.69, 9.17) is 4.42 Å². The van der Waals surface area contributed by atoms with Crippen molar-refractivity contribution in [1.82, 2.24) is 10.2 Å². The Morgan fingerprint density at radius 1 is 1.39 bits per heavy atom. The highest BCUT2D eigenvalue weighted by Gasteiger charge is 2.38. The summed E-state index contributed by atoms with van der Waals surface area (Å²) in [5, 5.41) is 3.48. The van der Waals surface area contributed by atoms with Crippen molar-refractivity contribution in [3.8, 4) is 0 Å². The molecule has 0 bridgehead atoms. The summed E-state index contributed by atoms with van der Waals surface area (Å²) in [7, 11) is 0. The summed E-state index contributed by atoms with van der Waals surface area (Å²) in [6, 6.07) is 3.53. The summed E-state index contributed by atoms with van der Waals surface area (Å²) in [4.78, 5) is 14.3. The Hall–Kier alpha value is -1.29. The molecule has 3 rings (SSSR count). The van der Waals surface area contributed by atoms with Crippen LogP contribution >= 0.6 is 0 Å². The van der Waals surface area contributed by atoms with Crippen LogP contribution in [-0.2, 0) is 0 Å². The monoisotopic (exact) mass is 248 g/mol. The first kappa shape index (κ1) is 11.8. The minimum absolute atomic E-state index is 0.0460. The first-order valence-electron chi connectivity index (χ1n) is 6.83. The van der Waals surface area contributed by atoms with E-state index in [0.29, 0.717) is 11.2 Å². The van der Waals surface area contributed by atoms with Crippen LogP contribution in [0, 0.1) is 5.41 Å². The van der Waals surface area contributed by atoms with Crippen LogP contribution in [0.4, 0.5) is 0 Å². The molecule has 2 fully saturated rings. The van der Waals surface area contributed by atoms with Crippen LogP contribution in [0.25, 0.3) is 0 Å². The van der Waals surface area contributed by atoms with Crippen molar-refractivity contribution in [3.05, 3.63) is 24.2 Å². The van der Waals surface area contributed by atoms with Crippen LogP contribution in [0.3, 0.4) is 0 Å². The lowest BCUT2D eigenvalue weighted by molar-refractivity contribution is 0.0408. The molecule has 4 nitrogen and oxygen atoms in total. The van der Waals surface area contributed by atoms with Crippen molar-refractivity contribution < 1.29 is 9.21 Å². The van der Waals surface area contributed by atoms with E-state index in [1.807, 2.05) is 4.90 Å². The molecule has 0 aromatic carbocycles. The smallest absolute Gasteiger partial charge is 0.289 e. The molecule has 1 aromatic heterocycles. The fourth-order valence-electron chi connectivity index (χ4n) is 3.32. The first-order valence-corrected chi connectivity index (χ1v) is 6.83. The van der Waals surface area contributed by atoms with Gasteiger partial charge in [0.1, 0.15) is 0 Å². The van der Waals surface area contributed by atoms with E-state index >= 15 is 0 Å². The van der Waals surface area contributed by atoms with Crippen molar-refractivity contribution in [2.45, 2.75) is 25.7 Å². The van der Waals surface area contributed by atoms with Gasteiger partial charge in [0.2, 0.25) is 0 Å². The Bertz CT molecular complexity index is 402. The second-order valence-corrected chi connectivity index (χ2v) is 5.59. The maximum absolute atomic E-state index is 12.3. The summed E-state index contributed by atoms with van der Waals surface area (Å²) < 4.78 is 5.22. The summed E-state index contributed by atoms with van der Waals surface area (Å²) in [5.74, 6) is 0.514. The van der Waals surface area contributed by atoms with E-state index < -0.39 is 0 Å². The fourth-order valence-corrected chi connectivity index (χ4v) is 3.32. The summed E-state index contributed by atoms with van der Waals surface area (Å²) >= 11 is 0. The van der Waals surface area contributed by atoms with Crippen molar-refractivity contribution >= 4 is 5.91 Å². The third kappa shape index (κ3) is 2.17. The largest absolute Gasteiger partial charge is 0.459 e. The average Bonchev–Trinajstić information content (AvgIpc) is 2.93. The molecule has 1 aromatic rings. The average molecular weight is 248 g/mol. The minimum atomic E-state index is 0.0460. The van der Waals surface area contributed by atoms with Gasteiger partial charge in [-0.1, -0.05) is 0 Å². The number of likely N-dealkylation sites (tertiary alicyclic amines) is 1. The van der Waals surface area contributed by atoms with E-state index in [1.54, 1.807) is 18.4 Å². The van der Waals surface area contributed by atoms with Crippen LogP contribution in [-0.4, -0.2) is 37.0 Å². The second kappa shape index (κ2) is 4.76. The molecule has 98 valence electrons. The van der Waals surface area contributed by atoms with Gasteiger partial charge in [-0.3, -0.25) is 4.79 Å². The number of hydrogen-bond acceptors (Lipinski definition) is 3. The lowest BCUT2D eigenvalue weighted by Crippen LogP contribution is -2.52. The molecule has 2 saturated heterocycles. The predicted molar refractivity (Wildman–Crippen MR) is 68.4 cm³/mol. The lowest BCUT2D eigenvalue weighted by Gasteiger charge is -2.45. The van der Waals surface area contributed by atoms with Gasteiger partial charge in [-0.2, -0.15) is 0 Å². The van der Waals surface area contributed by atoms with Crippen molar-refractivity contribution in [2.24, 2.45) is 5.41 Å². The van der Waals surface area contributed by atoms with Gasteiger partial charge in [-0.05, 0) is 44.4 Å². The Labute approximate surface area is 107 Å². The van der Waals surface area contributed by atoms with Crippen LogP contribution in [0.5, 0.6) is 0 Å². The Morgan fingerprint density at radius 3 is 3.00 bits per heavy atom. The molecule has 0 saturated carbocycles. The Morgan fingerprint density at radius 2 is 2.28 bits per heavy atom. The van der Waals surface area contributed by atoms with Gasteiger partial charge in [0.15, 0.2) is 5.76 Å². The Kier molecular flexibility index (Phi) is 3.12. The highest BCUT2D eigenvalue weighted by atomic mass is 16.3. The van der Waals surface area contributed by atoms with E-state index in [0.717, 1.165) is 32.6 Å². The van der Waals surface area contributed by atoms with Gasteiger partial charge in [-0.25, -0.2) is 0 Å². The van der Waals surface area contributed by atoms with Gasteiger partial charge in [0.25, 0.3) is 5.91 Å². The number of carbonyl (C=O) groups excluding carboxylic acids is 1. The van der Waals surface area contributed by atoms with Crippen LogP contribution in [0.1, 0.15) is 36.2 Å². The van der Waals surface area contributed by atoms with Gasteiger partial charge in [-0.15, -0.1) is 0 Å². The molecule has 0 aliphatic carbocycles. The summed E-state index contributed by atoms with van der Waals surface area (Å²) in [6.07, 6.45) is 6.37. The molecular weight excluding hydrogens is 228 g/mol. The fraction of sp³-hybridized carbons (Fsp3) is 0.643. The molecule has 1 N–H and O–H groups in total. The number of piperidine rings is 2. The third-order valence-corrected chi connectivity index (χ3v) is 4.24.